The van der Waals surface area contributed by atoms with Crippen LogP contribution < -0.4 is 5.32 Å². The van der Waals surface area contributed by atoms with Crippen LogP contribution in [-0.2, 0) is 0 Å². The molecule has 1 unspecified atom stereocenters. The van der Waals surface area contributed by atoms with Gasteiger partial charge < -0.3 is 5.32 Å². The molecule has 1 atom stereocenters. The third-order valence-corrected chi connectivity index (χ3v) is 3.08. The average molecular weight is 251 g/mol. The summed E-state index contributed by atoms with van der Waals surface area (Å²) in [5.74, 6) is 0. The van der Waals surface area contributed by atoms with Crippen LogP contribution in [0, 0.1) is 0 Å². The second kappa shape index (κ2) is 6.79. The molecule has 1 N–H and O–H groups in total. The Bertz CT molecular complexity index is 510. The fourth-order valence-corrected chi connectivity index (χ4v) is 2.05. The van der Waals surface area contributed by atoms with Gasteiger partial charge in [0.1, 0.15) is 0 Å². The molecule has 0 saturated carbocycles. The lowest BCUT2D eigenvalue weighted by Gasteiger charge is -2.19. The number of anilines is 1. The molecule has 0 heterocycles. The van der Waals surface area contributed by atoms with Crippen molar-refractivity contribution in [3.63, 3.8) is 0 Å². The number of nitrogens with one attached hydrogen (secondary N) is 1. The molecule has 0 aliphatic carbocycles. The summed E-state index contributed by atoms with van der Waals surface area (Å²) in [6.45, 7) is 4.29. The Kier molecular flexibility index (Phi) is 4.79. The van der Waals surface area contributed by atoms with E-state index >= 15 is 0 Å². The van der Waals surface area contributed by atoms with Crippen LogP contribution in [0.2, 0.25) is 0 Å². The molecule has 0 amide bonds. The van der Waals surface area contributed by atoms with Crippen molar-refractivity contribution in [2.75, 3.05) is 5.32 Å². The molecule has 1 heteroatoms. The standard InChI is InChI=1S/C18H21N/c1-15(2)13-14-18(16-9-5-3-6-10-16)19-17-11-7-4-8-12-17/h3-13,18-19H,14H2,1-2H3. The molecule has 19 heavy (non-hydrogen) atoms. The molecule has 2 aromatic rings. The zero-order valence-electron chi connectivity index (χ0n) is 11.6. The van der Waals surface area contributed by atoms with Crippen molar-refractivity contribution in [1.29, 1.82) is 0 Å². The number of rotatable bonds is 5. The number of allylic oxidation sites excluding steroid dienone is 1. The molecule has 0 bridgehead atoms. The number of benzene rings is 2. The largest absolute Gasteiger partial charge is 0.378 e. The van der Waals surface area contributed by atoms with Gasteiger partial charge in [0.2, 0.25) is 0 Å². The van der Waals surface area contributed by atoms with Crippen LogP contribution in [0.3, 0.4) is 0 Å². The zero-order chi connectivity index (χ0) is 13.5. The minimum Gasteiger partial charge on any atom is -0.378 e. The van der Waals surface area contributed by atoms with Crippen molar-refractivity contribution in [2.45, 2.75) is 26.3 Å². The fourth-order valence-electron chi connectivity index (χ4n) is 2.05. The molecule has 0 aliphatic heterocycles. The van der Waals surface area contributed by atoms with E-state index in [1.165, 1.54) is 16.8 Å². The molecule has 1 nitrogen and oxygen atoms in total. The monoisotopic (exact) mass is 251 g/mol. The van der Waals surface area contributed by atoms with E-state index in [4.69, 9.17) is 0 Å². The summed E-state index contributed by atoms with van der Waals surface area (Å²) < 4.78 is 0. The molecule has 0 saturated heterocycles. The summed E-state index contributed by atoms with van der Waals surface area (Å²) in [7, 11) is 0. The lowest BCUT2D eigenvalue weighted by molar-refractivity contribution is 0.793. The average Bonchev–Trinajstić information content (AvgIpc) is 2.45. The van der Waals surface area contributed by atoms with Gasteiger partial charge in [-0.3, -0.25) is 0 Å². The predicted octanol–water partition coefficient (Wildman–Crippen LogP) is 5.20. The van der Waals surface area contributed by atoms with E-state index in [1.807, 2.05) is 6.07 Å². The van der Waals surface area contributed by atoms with Gasteiger partial charge in [0.15, 0.2) is 0 Å². The van der Waals surface area contributed by atoms with Crippen LogP contribution in [0.1, 0.15) is 31.9 Å². The predicted molar refractivity (Wildman–Crippen MR) is 83.3 cm³/mol. The topological polar surface area (TPSA) is 12.0 Å². The zero-order valence-corrected chi connectivity index (χ0v) is 11.6. The molecule has 0 spiro atoms. The van der Waals surface area contributed by atoms with E-state index in [0.717, 1.165) is 6.42 Å². The summed E-state index contributed by atoms with van der Waals surface area (Å²) in [5, 5.41) is 3.61. The molecular formula is C18H21N. The highest BCUT2D eigenvalue weighted by Crippen LogP contribution is 2.23. The first-order valence-electron chi connectivity index (χ1n) is 6.75. The van der Waals surface area contributed by atoms with Crippen molar-refractivity contribution in [3.8, 4) is 0 Å². The van der Waals surface area contributed by atoms with Crippen LogP contribution in [0.5, 0.6) is 0 Å². The van der Waals surface area contributed by atoms with Gasteiger partial charge in [-0.15, -0.1) is 0 Å². The first-order valence-corrected chi connectivity index (χ1v) is 6.75. The summed E-state index contributed by atoms with van der Waals surface area (Å²) in [6, 6.07) is 21.3. The Hall–Kier alpha value is -2.02. The number of hydrogen-bond acceptors (Lipinski definition) is 1. The van der Waals surface area contributed by atoms with Crippen molar-refractivity contribution >= 4 is 5.69 Å². The second-order valence-electron chi connectivity index (χ2n) is 4.99. The molecule has 0 aromatic heterocycles. The Morgan fingerprint density at radius 3 is 2.11 bits per heavy atom. The Labute approximate surface area is 116 Å². The third-order valence-electron chi connectivity index (χ3n) is 3.08. The van der Waals surface area contributed by atoms with Crippen molar-refractivity contribution in [3.05, 3.63) is 77.9 Å². The molecule has 0 fully saturated rings. The van der Waals surface area contributed by atoms with Crippen molar-refractivity contribution in [1.82, 2.24) is 0 Å². The summed E-state index contributed by atoms with van der Waals surface area (Å²) >= 11 is 0. The minimum absolute atomic E-state index is 0.318. The summed E-state index contributed by atoms with van der Waals surface area (Å²) in [6.07, 6.45) is 3.29. The molecular weight excluding hydrogens is 230 g/mol. The van der Waals surface area contributed by atoms with Gasteiger partial charge in [-0.1, -0.05) is 60.2 Å². The van der Waals surface area contributed by atoms with E-state index < -0.39 is 0 Å². The van der Waals surface area contributed by atoms with Crippen LogP contribution >= 0.6 is 0 Å². The van der Waals surface area contributed by atoms with Crippen LogP contribution in [0.4, 0.5) is 5.69 Å². The summed E-state index contributed by atoms with van der Waals surface area (Å²) in [4.78, 5) is 0. The highest BCUT2D eigenvalue weighted by Gasteiger charge is 2.09. The maximum Gasteiger partial charge on any atom is 0.0548 e. The van der Waals surface area contributed by atoms with Gasteiger partial charge in [-0.2, -0.15) is 0 Å². The van der Waals surface area contributed by atoms with Crippen LogP contribution in [0.25, 0.3) is 0 Å². The maximum atomic E-state index is 3.61. The van der Waals surface area contributed by atoms with Gasteiger partial charge in [0.05, 0.1) is 6.04 Å². The lowest BCUT2D eigenvalue weighted by Crippen LogP contribution is -2.09. The van der Waals surface area contributed by atoms with E-state index in [9.17, 15) is 0 Å². The smallest absolute Gasteiger partial charge is 0.0548 e. The SMILES string of the molecule is CC(C)=CCC(Nc1ccccc1)c1ccccc1. The third kappa shape index (κ3) is 4.29. The van der Waals surface area contributed by atoms with E-state index in [2.05, 4.69) is 79.8 Å². The number of para-hydroxylation sites is 1. The lowest BCUT2D eigenvalue weighted by atomic mass is 10.0. The number of hydrogen-bond donors (Lipinski definition) is 1. The Morgan fingerprint density at radius 2 is 1.53 bits per heavy atom. The normalized spacial score (nSPS) is 11.7. The van der Waals surface area contributed by atoms with Gasteiger partial charge in [-0.25, -0.2) is 0 Å². The highest BCUT2D eigenvalue weighted by atomic mass is 14.9. The Morgan fingerprint density at radius 1 is 0.947 bits per heavy atom. The second-order valence-corrected chi connectivity index (χ2v) is 4.99. The van der Waals surface area contributed by atoms with E-state index in [0.29, 0.717) is 6.04 Å². The van der Waals surface area contributed by atoms with Gasteiger partial charge in [-0.05, 0) is 38.0 Å². The van der Waals surface area contributed by atoms with Crippen LogP contribution in [-0.4, -0.2) is 0 Å². The Balaban J connectivity index is 2.17. The van der Waals surface area contributed by atoms with Gasteiger partial charge in [0.25, 0.3) is 0 Å². The quantitative estimate of drug-likeness (QED) is 0.720. The summed E-state index contributed by atoms with van der Waals surface area (Å²) in [5.41, 5.74) is 3.85. The van der Waals surface area contributed by atoms with Gasteiger partial charge >= 0.3 is 0 Å². The van der Waals surface area contributed by atoms with Crippen molar-refractivity contribution in [2.24, 2.45) is 0 Å². The highest BCUT2D eigenvalue weighted by molar-refractivity contribution is 5.45. The van der Waals surface area contributed by atoms with E-state index in [-0.39, 0.29) is 0 Å². The molecule has 2 rings (SSSR count). The van der Waals surface area contributed by atoms with Crippen molar-refractivity contribution < 1.29 is 0 Å². The molecule has 98 valence electrons. The molecule has 0 aliphatic rings. The van der Waals surface area contributed by atoms with Gasteiger partial charge in [0, 0.05) is 5.69 Å². The van der Waals surface area contributed by atoms with Crippen LogP contribution in [0.15, 0.2) is 72.3 Å². The minimum atomic E-state index is 0.318. The maximum absolute atomic E-state index is 3.61. The fraction of sp³-hybridized carbons (Fsp3) is 0.222. The molecule has 2 aromatic carbocycles. The van der Waals surface area contributed by atoms with E-state index in [1.54, 1.807) is 0 Å². The first kappa shape index (κ1) is 13.4. The first-order chi connectivity index (χ1) is 9.25. The molecule has 0 radical (unpaired) electrons.